The monoisotopic (exact) mass is 367 g/mol. The van der Waals surface area contributed by atoms with Crippen molar-refractivity contribution < 1.29 is 14.3 Å². The fourth-order valence-corrected chi connectivity index (χ4v) is 3.30. The van der Waals surface area contributed by atoms with Crippen LogP contribution in [0.15, 0.2) is 48.7 Å². The summed E-state index contributed by atoms with van der Waals surface area (Å²) in [5.41, 5.74) is 0.875. The lowest BCUT2D eigenvalue weighted by atomic mass is 10.0. The van der Waals surface area contributed by atoms with Crippen molar-refractivity contribution in [1.82, 2.24) is 9.88 Å². The Hall–Kier alpha value is -2.89. The van der Waals surface area contributed by atoms with Crippen molar-refractivity contribution in [3.05, 3.63) is 54.2 Å². The van der Waals surface area contributed by atoms with E-state index in [1.165, 1.54) is 4.90 Å². The van der Waals surface area contributed by atoms with E-state index < -0.39 is 11.7 Å². The number of anilines is 2. The molecule has 1 aromatic heterocycles. The van der Waals surface area contributed by atoms with E-state index in [4.69, 9.17) is 4.74 Å². The van der Waals surface area contributed by atoms with Gasteiger partial charge in [-0.15, -0.1) is 0 Å². The maximum absolute atomic E-state index is 13.1. The Kier molecular flexibility index (Phi) is 5.44. The molecule has 1 unspecified atom stereocenters. The minimum Gasteiger partial charge on any atom is -0.443 e. The zero-order chi connectivity index (χ0) is 19.4. The number of hydrogen-bond donors (Lipinski definition) is 0. The van der Waals surface area contributed by atoms with Crippen LogP contribution in [0, 0.1) is 0 Å². The molecule has 1 aliphatic rings. The third-order valence-corrected chi connectivity index (χ3v) is 4.41. The standard InChI is InChI=1S/C21H25N3O3/c1-21(2,3)27-20(26)24(16-9-5-4-6-10-16)19-17(11-7-13-22-19)18-12-8-14-23(18)15-25/h4-7,9-11,13,15,18H,8,12,14H2,1-3H3. The molecule has 0 spiro atoms. The number of pyridine rings is 1. The lowest BCUT2D eigenvalue weighted by Gasteiger charge is -2.30. The Morgan fingerprint density at radius 3 is 2.63 bits per heavy atom. The first-order valence-electron chi connectivity index (χ1n) is 9.15. The van der Waals surface area contributed by atoms with Gasteiger partial charge in [0.15, 0.2) is 0 Å². The van der Waals surface area contributed by atoms with E-state index in [0.717, 1.165) is 24.8 Å². The molecule has 1 aliphatic heterocycles. The van der Waals surface area contributed by atoms with E-state index in [1.54, 1.807) is 11.1 Å². The van der Waals surface area contributed by atoms with Crippen LogP contribution in [0.1, 0.15) is 45.2 Å². The quantitative estimate of drug-likeness (QED) is 0.749. The molecule has 1 fully saturated rings. The molecule has 1 aromatic carbocycles. The average molecular weight is 367 g/mol. The van der Waals surface area contributed by atoms with Crippen LogP contribution in [-0.4, -0.2) is 34.5 Å². The SMILES string of the molecule is CC(C)(C)OC(=O)N(c1ccccc1)c1ncccc1C1CCCN1C=O. The molecule has 2 heterocycles. The first-order chi connectivity index (χ1) is 12.9. The number of rotatable bonds is 4. The third kappa shape index (κ3) is 4.27. The number of carbonyl (C=O) groups is 2. The smallest absolute Gasteiger partial charge is 0.420 e. The van der Waals surface area contributed by atoms with Crippen molar-refractivity contribution >= 4 is 24.0 Å². The molecule has 142 valence electrons. The molecule has 1 atom stereocenters. The van der Waals surface area contributed by atoms with Crippen molar-refractivity contribution in [2.24, 2.45) is 0 Å². The van der Waals surface area contributed by atoms with Gasteiger partial charge in [0.2, 0.25) is 6.41 Å². The molecule has 2 amide bonds. The summed E-state index contributed by atoms with van der Waals surface area (Å²) in [6.45, 7) is 6.20. The molecule has 0 aliphatic carbocycles. The minimum absolute atomic E-state index is 0.0974. The van der Waals surface area contributed by atoms with Crippen LogP contribution in [0.3, 0.4) is 0 Å². The fourth-order valence-electron chi connectivity index (χ4n) is 3.30. The van der Waals surface area contributed by atoms with Gasteiger partial charge in [0.25, 0.3) is 0 Å². The molecule has 3 rings (SSSR count). The van der Waals surface area contributed by atoms with Crippen molar-refractivity contribution in [3.63, 3.8) is 0 Å². The molecule has 0 radical (unpaired) electrons. The van der Waals surface area contributed by atoms with Gasteiger partial charge in [-0.3, -0.25) is 4.79 Å². The number of amides is 2. The first kappa shape index (κ1) is 18.9. The summed E-state index contributed by atoms with van der Waals surface area (Å²) in [4.78, 5) is 32.3. The van der Waals surface area contributed by atoms with Crippen LogP contribution in [0.25, 0.3) is 0 Å². The molecule has 27 heavy (non-hydrogen) atoms. The van der Waals surface area contributed by atoms with Crippen LogP contribution in [-0.2, 0) is 9.53 Å². The molecule has 6 nitrogen and oxygen atoms in total. The Labute approximate surface area is 159 Å². The lowest BCUT2D eigenvalue weighted by Crippen LogP contribution is -2.35. The van der Waals surface area contributed by atoms with Crippen LogP contribution < -0.4 is 4.90 Å². The second-order valence-corrected chi connectivity index (χ2v) is 7.57. The van der Waals surface area contributed by atoms with Gasteiger partial charge in [-0.1, -0.05) is 24.3 Å². The number of carbonyl (C=O) groups excluding carboxylic acids is 2. The Balaban J connectivity index is 2.08. The Morgan fingerprint density at radius 1 is 1.22 bits per heavy atom. The number of ether oxygens (including phenoxy) is 1. The zero-order valence-corrected chi connectivity index (χ0v) is 16.0. The maximum atomic E-state index is 13.1. The predicted molar refractivity (Wildman–Crippen MR) is 104 cm³/mol. The number of para-hydroxylation sites is 1. The van der Waals surface area contributed by atoms with E-state index in [9.17, 15) is 9.59 Å². The van der Waals surface area contributed by atoms with Gasteiger partial charge in [-0.05, 0) is 51.8 Å². The van der Waals surface area contributed by atoms with Crippen LogP contribution in [0.4, 0.5) is 16.3 Å². The summed E-state index contributed by atoms with van der Waals surface area (Å²) in [6, 6.07) is 13.0. The fraction of sp³-hybridized carbons (Fsp3) is 0.381. The molecule has 0 bridgehead atoms. The average Bonchev–Trinajstić information content (AvgIpc) is 3.10. The second kappa shape index (κ2) is 7.78. The summed E-state index contributed by atoms with van der Waals surface area (Å²) in [5.74, 6) is 0.497. The molecule has 6 heteroatoms. The highest BCUT2D eigenvalue weighted by Gasteiger charge is 2.32. The number of nitrogens with zero attached hydrogens (tertiary/aromatic N) is 3. The molecule has 0 saturated carbocycles. The highest BCUT2D eigenvalue weighted by molar-refractivity contribution is 5.96. The topological polar surface area (TPSA) is 62.7 Å². The summed E-state index contributed by atoms with van der Waals surface area (Å²) >= 11 is 0. The molecular weight excluding hydrogens is 342 g/mol. The van der Waals surface area contributed by atoms with Gasteiger partial charge >= 0.3 is 6.09 Å². The summed E-state index contributed by atoms with van der Waals surface area (Å²) in [5, 5.41) is 0. The van der Waals surface area contributed by atoms with E-state index in [-0.39, 0.29) is 6.04 Å². The number of likely N-dealkylation sites (tertiary alicyclic amines) is 1. The maximum Gasteiger partial charge on any atom is 0.420 e. The normalized spacial score (nSPS) is 16.9. The number of hydrogen-bond acceptors (Lipinski definition) is 4. The van der Waals surface area contributed by atoms with Gasteiger partial charge in [0.05, 0.1) is 11.7 Å². The lowest BCUT2D eigenvalue weighted by molar-refractivity contribution is -0.118. The zero-order valence-electron chi connectivity index (χ0n) is 16.0. The highest BCUT2D eigenvalue weighted by atomic mass is 16.6. The Morgan fingerprint density at radius 2 is 1.96 bits per heavy atom. The van der Waals surface area contributed by atoms with Crippen LogP contribution >= 0.6 is 0 Å². The van der Waals surface area contributed by atoms with Crippen LogP contribution in [0.2, 0.25) is 0 Å². The van der Waals surface area contributed by atoms with Crippen molar-refractivity contribution in [2.45, 2.75) is 45.3 Å². The number of benzene rings is 1. The second-order valence-electron chi connectivity index (χ2n) is 7.57. The molecule has 2 aromatic rings. The summed E-state index contributed by atoms with van der Waals surface area (Å²) in [6.07, 6.45) is 3.79. The van der Waals surface area contributed by atoms with Crippen molar-refractivity contribution in [3.8, 4) is 0 Å². The Bertz CT molecular complexity index is 802. The number of aromatic nitrogens is 1. The first-order valence-corrected chi connectivity index (χ1v) is 9.15. The summed E-state index contributed by atoms with van der Waals surface area (Å²) in [7, 11) is 0. The summed E-state index contributed by atoms with van der Waals surface area (Å²) < 4.78 is 5.64. The third-order valence-electron chi connectivity index (χ3n) is 4.41. The van der Waals surface area contributed by atoms with E-state index in [0.29, 0.717) is 18.1 Å². The van der Waals surface area contributed by atoms with E-state index in [2.05, 4.69) is 4.98 Å². The predicted octanol–water partition coefficient (Wildman–Crippen LogP) is 4.45. The van der Waals surface area contributed by atoms with Crippen molar-refractivity contribution in [2.75, 3.05) is 11.4 Å². The highest BCUT2D eigenvalue weighted by Crippen LogP contribution is 2.38. The van der Waals surface area contributed by atoms with Gasteiger partial charge in [-0.2, -0.15) is 0 Å². The molecular formula is C21H25N3O3. The van der Waals surface area contributed by atoms with Gasteiger partial charge in [-0.25, -0.2) is 14.7 Å². The molecule has 1 saturated heterocycles. The van der Waals surface area contributed by atoms with Gasteiger partial charge in [0, 0.05) is 18.3 Å². The van der Waals surface area contributed by atoms with Gasteiger partial charge < -0.3 is 9.64 Å². The van der Waals surface area contributed by atoms with Crippen LogP contribution in [0.5, 0.6) is 0 Å². The minimum atomic E-state index is -0.638. The molecule has 0 N–H and O–H groups in total. The van der Waals surface area contributed by atoms with Crippen molar-refractivity contribution in [1.29, 1.82) is 0 Å². The largest absolute Gasteiger partial charge is 0.443 e. The van der Waals surface area contributed by atoms with Gasteiger partial charge in [0.1, 0.15) is 11.4 Å². The van der Waals surface area contributed by atoms with E-state index in [1.807, 2.05) is 63.2 Å². The van der Waals surface area contributed by atoms with E-state index >= 15 is 0 Å².